The molecule has 3 heterocycles. The molecule has 0 amide bonds. The van der Waals surface area contributed by atoms with Gasteiger partial charge < -0.3 is 14.0 Å². The van der Waals surface area contributed by atoms with Crippen molar-refractivity contribution < 1.29 is 14.0 Å². The van der Waals surface area contributed by atoms with E-state index in [0.717, 1.165) is 22.6 Å². The SMILES string of the molecule is Cc1ccc([C@@H]2Cn3nc(-c4nc(-c5ccc(OC(C)C)cc5)no4)cc3CO2)cc1. The number of ether oxygens (including phenoxy) is 2. The van der Waals surface area contributed by atoms with Crippen molar-refractivity contribution >= 4 is 0 Å². The van der Waals surface area contributed by atoms with Crippen LogP contribution in [0.1, 0.15) is 36.8 Å². The molecule has 0 saturated heterocycles. The fourth-order valence-electron chi connectivity index (χ4n) is 3.61. The summed E-state index contributed by atoms with van der Waals surface area (Å²) in [6, 6.07) is 18.0. The standard InChI is InChI=1S/C24H24N4O3/c1-15(2)30-20-10-8-18(9-11-20)23-25-24(31-27-23)21-12-19-14-29-22(13-28(19)26-21)17-6-4-16(3)5-7-17/h4-12,15,22H,13-14H2,1-3H3/t22-/m0/s1. The maximum absolute atomic E-state index is 6.05. The largest absolute Gasteiger partial charge is 0.491 e. The van der Waals surface area contributed by atoms with Crippen LogP contribution in [0.5, 0.6) is 5.75 Å². The van der Waals surface area contributed by atoms with Crippen molar-refractivity contribution in [2.24, 2.45) is 0 Å². The fraction of sp³-hybridized carbons (Fsp3) is 0.292. The van der Waals surface area contributed by atoms with Crippen LogP contribution in [-0.4, -0.2) is 26.0 Å². The van der Waals surface area contributed by atoms with Crippen LogP contribution < -0.4 is 4.74 Å². The van der Waals surface area contributed by atoms with E-state index >= 15 is 0 Å². The van der Waals surface area contributed by atoms with Gasteiger partial charge in [0.15, 0.2) is 5.69 Å². The molecule has 0 fully saturated rings. The normalized spacial score (nSPS) is 15.8. The second kappa shape index (κ2) is 8.00. The molecule has 1 atom stereocenters. The number of rotatable bonds is 5. The first-order valence-corrected chi connectivity index (χ1v) is 10.4. The molecule has 31 heavy (non-hydrogen) atoms. The Balaban J connectivity index is 1.34. The Morgan fingerprint density at radius 3 is 2.58 bits per heavy atom. The van der Waals surface area contributed by atoms with Crippen LogP contribution in [0.3, 0.4) is 0 Å². The van der Waals surface area contributed by atoms with Crippen molar-refractivity contribution in [1.82, 2.24) is 19.9 Å². The van der Waals surface area contributed by atoms with E-state index in [-0.39, 0.29) is 12.2 Å². The quantitative estimate of drug-likeness (QED) is 0.457. The number of hydrogen-bond acceptors (Lipinski definition) is 6. The summed E-state index contributed by atoms with van der Waals surface area (Å²) in [5.74, 6) is 1.73. The van der Waals surface area contributed by atoms with E-state index in [1.807, 2.05) is 48.9 Å². The van der Waals surface area contributed by atoms with Gasteiger partial charge >= 0.3 is 0 Å². The van der Waals surface area contributed by atoms with E-state index in [1.165, 1.54) is 5.56 Å². The molecule has 0 bridgehead atoms. The van der Waals surface area contributed by atoms with E-state index in [4.69, 9.17) is 14.0 Å². The molecule has 2 aromatic heterocycles. The zero-order valence-electron chi connectivity index (χ0n) is 17.8. The number of hydrogen-bond donors (Lipinski definition) is 0. The van der Waals surface area contributed by atoms with Gasteiger partial charge in [0.05, 0.1) is 24.9 Å². The Bertz CT molecular complexity index is 1180. The molecule has 0 radical (unpaired) electrons. The van der Waals surface area contributed by atoms with Crippen molar-refractivity contribution in [1.29, 1.82) is 0 Å². The van der Waals surface area contributed by atoms with Gasteiger partial charge in [-0.05, 0) is 56.7 Å². The average molecular weight is 416 g/mol. The molecular formula is C24H24N4O3. The van der Waals surface area contributed by atoms with Gasteiger partial charge in [-0.25, -0.2) is 0 Å². The molecule has 1 aliphatic rings. The smallest absolute Gasteiger partial charge is 0.278 e. The van der Waals surface area contributed by atoms with Gasteiger partial charge in [-0.3, -0.25) is 4.68 Å². The Morgan fingerprint density at radius 2 is 1.84 bits per heavy atom. The van der Waals surface area contributed by atoms with Crippen LogP contribution in [-0.2, 0) is 17.9 Å². The third-order valence-electron chi connectivity index (χ3n) is 5.21. The molecule has 2 aromatic carbocycles. The summed E-state index contributed by atoms with van der Waals surface area (Å²) < 4.78 is 19.2. The Labute approximate surface area is 180 Å². The maximum atomic E-state index is 6.05. The topological polar surface area (TPSA) is 75.2 Å². The van der Waals surface area contributed by atoms with Gasteiger partial charge in [-0.2, -0.15) is 10.1 Å². The van der Waals surface area contributed by atoms with E-state index in [0.29, 0.717) is 30.6 Å². The maximum Gasteiger partial charge on any atom is 0.278 e. The Hall–Kier alpha value is -3.45. The number of nitrogens with zero attached hydrogens (tertiary/aromatic N) is 4. The van der Waals surface area contributed by atoms with Gasteiger partial charge in [0.25, 0.3) is 5.89 Å². The van der Waals surface area contributed by atoms with Crippen LogP contribution in [0, 0.1) is 6.92 Å². The van der Waals surface area contributed by atoms with Crippen LogP contribution in [0.25, 0.3) is 23.0 Å². The second-order valence-corrected chi connectivity index (χ2v) is 8.03. The minimum atomic E-state index is -0.0225. The Kier molecular flexibility index (Phi) is 5.03. The molecule has 4 aromatic rings. The first-order chi connectivity index (χ1) is 15.0. The summed E-state index contributed by atoms with van der Waals surface area (Å²) >= 11 is 0. The minimum Gasteiger partial charge on any atom is -0.491 e. The van der Waals surface area contributed by atoms with Gasteiger partial charge in [0.2, 0.25) is 5.82 Å². The van der Waals surface area contributed by atoms with Gasteiger partial charge in [-0.1, -0.05) is 35.0 Å². The zero-order valence-corrected chi connectivity index (χ0v) is 17.8. The molecular weight excluding hydrogens is 392 g/mol. The molecule has 0 aliphatic carbocycles. The molecule has 1 aliphatic heterocycles. The molecule has 7 heteroatoms. The van der Waals surface area contributed by atoms with Crippen LogP contribution in [0.4, 0.5) is 0 Å². The summed E-state index contributed by atoms with van der Waals surface area (Å²) in [7, 11) is 0. The summed E-state index contributed by atoms with van der Waals surface area (Å²) in [5.41, 5.74) is 4.89. The zero-order chi connectivity index (χ0) is 21.4. The van der Waals surface area contributed by atoms with Crippen LogP contribution >= 0.6 is 0 Å². The van der Waals surface area contributed by atoms with E-state index < -0.39 is 0 Å². The number of aryl methyl sites for hydroxylation is 1. The monoisotopic (exact) mass is 416 g/mol. The first kappa shape index (κ1) is 19.5. The molecule has 0 unspecified atom stereocenters. The molecule has 0 spiro atoms. The van der Waals surface area contributed by atoms with Gasteiger partial charge in [0.1, 0.15) is 11.9 Å². The third-order valence-corrected chi connectivity index (χ3v) is 5.21. The number of benzene rings is 2. The molecule has 7 nitrogen and oxygen atoms in total. The molecule has 5 rings (SSSR count). The number of aromatic nitrogens is 4. The van der Waals surface area contributed by atoms with Crippen molar-refractivity contribution in [3.05, 3.63) is 71.4 Å². The lowest BCUT2D eigenvalue weighted by Crippen LogP contribution is -2.21. The van der Waals surface area contributed by atoms with Crippen molar-refractivity contribution in [2.75, 3.05) is 0 Å². The number of fused-ring (bicyclic) bond motifs is 1. The summed E-state index contributed by atoms with van der Waals surface area (Å²) in [4.78, 5) is 4.54. The summed E-state index contributed by atoms with van der Waals surface area (Å²) in [5, 5.41) is 8.81. The van der Waals surface area contributed by atoms with Crippen molar-refractivity contribution in [3.8, 4) is 28.7 Å². The van der Waals surface area contributed by atoms with Gasteiger partial charge in [-0.15, -0.1) is 0 Å². The third kappa shape index (κ3) is 4.09. The summed E-state index contributed by atoms with van der Waals surface area (Å²) in [6.45, 7) is 7.21. The summed E-state index contributed by atoms with van der Waals surface area (Å²) in [6.07, 6.45) is 0.106. The predicted molar refractivity (Wildman–Crippen MR) is 115 cm³/mol. The second-order valence-electron chi connectivity index (χ2n) is 8.03. The molecule has 158 valence electrons. The lowest BCUT2D eigenvalue weighted by atomic mass is 10.1. The highest BCUT2D eigenvalue weighted by Gasteiger charge is 2.24. The minimum absolute atomic E-state index is 0.0225. The van der Waals surface area contributed by atoms with Crippen LogP contribution in [0.15, 0.2) is 59.1 Å². The highest BCUT2D eigenvalue weighted by Crippen LogP contribution is 2.30. The highest BCUT2D eigenvalue weighted by atomic mass is 16.5. The lowest BCUT2D eigenvalue weighted by molar-refractivity contribution is -0.00113. The average Bonchev–Trinajstić information content (AvgIpc) is 3.41. The lowest BCUT2D eigenvalue weighted by Gasteiger charge is -2.24. The van der Waals surface area contributed by atoms with Crippen LogP contribution in [0.2, 0.25) is 0 Å². The van der Waals surface area contributed by atoms with Crippen molar-refractivity contribution in [3.63, 3.8) is 0 Å². The predicted octanol–water partition coefficient (Wildman–Crippen LogP) is 4.97. The molecule has 0 N–H and O–H groups in total. The van der Waals surface area contributed by atoms with Gasteiger partial charge in [0, 0.05) is 5.56 Å². The Morgan fingerprint density at radius 1 is 1.06 bits per heavy atom. The first-order valence-electron chi connectivity index (χ1n) is 10.4. The van der Waals surface area contributed by atoms with Crippen molar-refractivity contribution in [2.45, 2.75) is 46.1 Å². The highest BCUT2D eigenvalue weighted by molar-refractivity contribution is 5.59. The fourth-order valence-corrected chi connectivity index (χ4v) is 3.61. The molecule has 0 saturated carbocycles. The van der Waals surface area contributed by atoms with E-state index in [1.54, 1.807) is 0 Å². The van der Waals surface area contributed by atoms with E-state index in [2.05, 4.69) is 46.4 Å². The van der Waals surface area contributed by atoms with E-state index in [9.17, 15) is 0 Å².